The molecule has 0 radical (unpaired) electrons. The van der Waals surface area contributed by atoms with E-state index in [9.17, 15) is 22.4 Å². The summed E-state index contributed by atoms with van der Waals surface area (Å²) in [6, 6.07) is 8.48. The zero-order valence-corrected chi connectivity index (χ0v) is 21.4. The van der Waals surface area contributed by atoms with Gasteiger partial charge in [-0.15, -0.1) is 0 Å². The summed E-state index contributed by atoms with van der Waals surface area (Å²) in [5.74, 6) is -4.92. The number of nitrogens with zero attached hydrogens (tertiary/aromatic N) is 4. The van der Waals surface area contributed by atoms with Crippen LogP contribution in [-0.2, 0) is 4.79 Å². The summed E-state index contributed by atoms with van der Waals surface area (Å²) in [6.45, 7) is 3.69. The average Bonchev–Trinajstić information content (AvgIpc) is 3.38. The molecular formula is C29H26F4N4O2. The van der Waals surface area contributed by atoms with Crippen LogP contribution in [0.2, 0.25) is 0 Å². The number of benzene rings is 2. The van der Waals surface area contributed by atoms with Gasteiger partial charge in [0.1, 0.15) is 11.6 Å². The van der Waals surface area contributed by atoms with Gasteiger partial charge in [0.2, 0.25) is 5.91 Å². The predicted molar refractivity (Wildman–Crippen MR) is 135 cm³/mol. The van der Waals surface area contributed by atoms with E-state index in [1.807, 2.05) is 36.6 Å². The lowest BCUT2D eigenvalue weighted by molar-refractivity contribution is -0.120. The van der Waals surface area contributed by atoms with Crippen molar-refractivity contribution in [1.29, 1.82) is 0 Å². The van der Waals surface area contributed by atoms with E-state index in [1.54, 1.807) is 0 Å². The van der Waals surface area contributed by atoms with Crippen molar-refractivity contribution in [2.75, 3.05) is 4.90 Å². The molecule has 202 valence electrons. The molecule has 7 rings (SSSR count). The molecule has 3 atom stereocenters. The fourth-order valence-corrected chi connectivity index (χ4v) is 6.86. The van der Waals surface area contributed by atoms with E-state index in [2.05, 4.69) is 5.16 Å². The lowest BCUT2D eigenvalue weighted by atomic mass is 9.99. The molecule has 2 saturated carbocycles. The number of amides is 1. The van der Waals surface area contributed by atoms with E-state index in [-0.39, 0.29) is 24.1 Å². The van der Waals surface area contributed by atoms with Crippen LogP contribution in [0.1, 0.15) is 61.5 Å². The van der Waals surface area contributed by atoms with Crippen molar-refractivity contribution < 1.29 is 26.9 Å². The van der Waals surface area contributed by atoms with Crippen LogP contribution in [0.15, 0.2) is 40.9 Å². The first-order chi connectivity index (χ1) is 18.6. The van der Waals surface area contributed by atoms with Crippen LogP contribution in [0.5, 0.6) is 0 Å². The zero-order valence-electron chi connectivity index (χ0n) is 21.4. The number of piperidine rings is 1. The molecule has 1 amide bonds. The second-order valence-electron chi connectivity index (χ2n) is 11.0. The predicted octanol–water partition coefficient (Wildman–Crippen LogP) is 7.06. The van der Waals surface area contributed by atoms with Crippen molar-refractivity contribution in [3.8, 4) is 11.1 Å². The number of fused-ring (bicyclic) bond motifs is 2. The Bertz CT molecular complexity index is 1610. The number of anilines is 1. The van der Waals surface area contributed by atoms with Gasteiger partial charge >= 0.3 is 0 Å². The first-order valence-corrected chi connectivity index (χ1v) is 13.2. The number of aryl methyl sites for hydroxylation is 2. The van der Waals surface area contributed by atoms with Crippen LogP contribution in [-0.4, -0.2) is 26.5 Å². The maximum atomic E-state index is 14.2. The SMILES string of the molecule is Cc1noc(C)c1-c1ccc2c(c1)nc([C@@H]1CCCC(=O)N1c1ccc(F)c(F)c1)n2C1CC2C(C1)C2(F)F. The van der Waals surface area contributed by atoms with Crippen molar-refractivity contribution in [3.05, 3.63) is 65.3 Å². The lowest BCUT2D eigenvalue weighted by Gasteiger charge is -2.36. The summed E-state index contributed by atoms with van der Waals surface area (Å²) in [6.07, 6.45) is 2.08. The Kier molecular flexibility index (Phi) is 5.25. The third kappa shape index (κ3) is 3.63. The Morgan fingerprint density at radius 1 is 1.03 bits per heavy atom. The van der Waals surface area contributed by atoms with Crippen LogP contribution in [0.25, 0.3) is 22.2 Å². The molecule has 0 bridgehead atoms. The van der Waals surface area contributed by atoms with Gasteiger partial charge < -0.3 is 14.0 Å². The highest BCUT2D eigenvalue weighted by Crippen LogP contribution is 2.67. The number of carbonyl (C=O) groups excluding carboxylic acids is 1. The van der Waals surface area contributed by atoms with E-state index < -0.39 is 35.4 Å². The first-order valence-electron chi connectivity index (χ1n) is 13.2. The van der Waals surface area contributed by atoms with Crippen molar-refractivity contribution in [2.45, 2.75) is 64.0 Å². The summed E-state index contributed by atoms with van der Waals surface area (Å²) in [7, 11) is 0. The smallest absolute Gasteiger partial charge is 0.254 e. The Labute approximate surface area is 221 Å². The van der Waals surface area contributed by atoms with E-state index in [4.69, 9.17) is 9.51 Å². The third-order valence-electron chi connectivity index (χ3n) is 8.75. The van der Waals surface area contributed by atoms with Gasteiger partial charge in [0.05, 0.1) is 22.8 Å². The molecule has 2 aliphatic carbocycles. The van der Waals surface area contributed by atoms with E-state index in [0.717, 1.165) is 34.5 Å². The summed E-state index contributed by atoms with van der Waals surface area (Å²) >= 11 is 0. The number of aromatic nitrogens is 3. The van der Waals surface area contributed by atoms with Crippen LogP contribution in [0.4, 0.5) is 23.2 Å². The fraction of sp³-hybridized carbons (Fsp3) is 0.414. The molecule has 3 fully saturated rings. The van der Waals surface area contributed by atoms with Crippen LogP contribution in [0, 0.1) is 37.3 Å². The number of carbonyl (C=O) groups is 1. The molecule has 6 nitrogen and oxygen atoms in total. The highest BCUT2D eigenvalue weighted by atomic mass is 19.3. The molecule has 39 heavy (non-hydrogen) atoms. The third-order valence-corrected chi connectivity index (χ3v) is 8.75. The molecule has 2 aromatic heterocycles. The Hall–Kier alpha value is -3.69. The molecule has 3 aliphatic rings. The molecule has 1 aliphatic heterocycles. The van der Waals surface area contributed by atoms with E-state index in [1.165, 1.54) is 11.0 Å². The van der Waals surface area contributed by atoms with Gasteiger partial charge in [-0.1, -0.05) is 11.2 Å². The van der Waals surface area contributed by atoms with Gasteiger partial charge in [0, 0.05) is 41.6 Å². The van der Waals surface area contributed by atoms with Gasteiger partial charge in [-0.05, 0) is 69.4 Å². The topological polar surface area (TPSA) is 64.2 Å². The monoisotopic (exact) mass is 538 g/mol. The minimum atomic E-state index is -2.62. The Morgan fingerprint density at radius 2 is 1.79 bits per heavy atom. The number of halogens is 4. The normalized spacial score (nSPS) is 25.9. The van der Waals surface area contributed by atoms with Crippen molar-refractivity contribution in [1.82, 2.24) is 14.7 Å². The van der Waals surface area contributed by atoms with Crippen molar-refractivity contribution >= 4 is 22.6 Å². The summed E-state index contributed by atoms with van der Waals surface area (Å²) < 4.78 is 63.7. The second-order valence-corrected chi connectivity index (χ2v) is 11.0. The molecule has 1 saturated heterocycles. The Balaban J connectivity index is 1.38. The Morgan fingerprint density at radius 3 is 2.49 bits per heavy atom. The standard InChI is InChI=1S/C29H26F4N4O2/c1-14-27(15(2)39-35-14)16-6-9-24-23(10-16)34-28(37(24)18-11-19-20(12-18)29(19,32)33)25-4-3-5-26(38)36(25)17-7-8-21(30)22(31)13-17/h6-10,13,18-20,25H,3-5,11-12H2,1-2H3/t18?,19?,20?,25-/m0/s1. The number of alkyl halides is 2. The maximum Gasteiger partial charge on any atom is 0.254 e. The lowest BCUT2D eigenvalue weighted by Crippen LogP contribution is -2.40. The van der Waals surface area contributed by atoms with Crippen LogP contribution >= 0.6 is 0 Å². The number of hydrogen-bond donors (Lipinski definition) is 0. The molecule has 0 spiro atoms. The van der Waals surface area contributed by atoms with Gasteiger partial charge in [0.25, 0.3) is 5.92 Å². The maximum absolute atomic E-state index is 14.2. The number of imidazole rings is 1. The van der Waals surface area contributed by atoms with Gasteiger partial charge in [-0.2, -0.15) is 0 Å². The van der Waals surface area contributed by atoms with Gasteiger partial charge in [0.15, 0.2) is 11.6 Å². The van der Waals surface area contributed by atoms with Crippen LogP contribution < -0.4 is 4.90 Å². The molecule has 3 heterocycles. The molecule has 2 unspecified atom stereocenters. The highest BCUT2D eigenvalue weighted by Gasteiger charge is 2.71. The summed E-state index contributed by atoms with van der Waals surface area (Å²) in [4.78, 5) is 19.7. The molecule has 4 aromatic rings. The van der Waals surface area contributed by atoms with Gasteiger partial charge in [-0.3, -0.25) is 4.79 Å². The molecule has 10 heteroatoms. The zero-order chi connectivity index (χ0) is 27.2. The van der Waals surface area contributed by atoms with Crippen molar-refractivity contribution in [2.24, 2.45) is 11.8 Å². The average molecular weight is 539 g/mol. The second kappa shape index (κ2) is 8.40. The summed E-state index contributed by atoms with van der Waals surface area (Å²) in [5.41, 5.74) is 4.18. The molecule has 2 aromatic carbocycles. The van der Waals surface area contributed by atoms with Crippen LogP contribution in [0.3, 0.4) is 0 Å². The fourth-order valence-electron chi connectivity index (χ4n) is 6.86. The minimum absolute atomic E-state index is 0.201. The van der Waals surface area contributed by atoms with E-state index in [0.29, 0.717) is 42.8 Å². The largest absolute Gasteiger partial charge is 0.361 e. The van der Waals surface area contributed by atoms with E-state index >= 15 is 0 Å². The first kappa shape index (κ1) is 24.4. The highest BCUT2D eigenvalue weighted by molar-refractivity contribution is 5.95. The molecular weight excluding hydrogens is 512 g/mol. The number of rotatable bonds is 4. The number of hydrogen-bond acceptors (Lipinski definition) is 4. The molecule has 0 N–H and O–H groups in total. The minimum Gasteiger partial charge on any atom is -0.361 e. The van der Waals surface area contributed by atoms with Gasteiger partial charge in [-0.25, -0.2) is 22.5 Å². The quantitative estimate of drug-likeness (QED) is 0.261. The summed E-state index contributed by atoms with van der Waals surface area (Å²) in [5, 5.41) is 4.05. The van der Waals surface area contributed by atoms with Crippen molar-refractivity contribution in [3.63, 3.8) is 0 Å².